The van der Waals surface area contributed by atoms with Gasteiger partial charge in [0.05, 0.1) is 10.7 Å². The van der Waals surface area contributed by atoms with Gasteiger partial charge in [0.25, 0.3) is 0 Å². The molecular weight excluding hydrogens is 216 g/mol. The second-order valence-corrected chi connectivity index (χ2v) is 5.96. The molecular formula is C13H22N2S. The molecule has 1 aromatic heterocycles. The van der Waals surface area contributed by atoms with Gasteiger partial charge in [-0.05, 0) is 32.6 Å². The molecule has 0 aromatic carbocycles. The first-order valence-corrected chi connectivity index (χ1v) is 7.24. The summed E-state index contributed by atoms with van der Waals surface area (Å²) in [6.07, 6.45) is 5.04. The molecule has 0 atom stereocenters. The standard InChI is InChI=1S/C13H22N2S/c1-4-13(3,5-2)14-8-11-9-16-12(15-11)10-6-7-10/h9-10,14H,4-8H2,1-3H3. The Hall–Kier alpha value is -0.410. The van der Waals surface area contributed by atoms with Crippen molar-refractivity contribution in [3.05, 3.63) is 16.1 Å². The maximum atomic E-state index is 4.70. The van der Waals surface area contributed by atoms with Crippen molar-refractivity contribution in [2.45, 2.75) is 64.5 Å². The summed E-state index contributed by atoms with van der Waals surface area (Å²) in [5.74, 6) is 0.794. The number of hydrogen-bond donors (Lipinski definition) is 1. The fourth-order valence-electron chi connectivity index (χ4n) is 1.73. The summed E-state index contributed by atoms with van der Waals surface area (Å²) in [4.78, 5) is 4.70. The summed E-state index contributed by atoms with van der Waals surface area (Å²) >= 11 is 1.83. The fourth-order valence-corrected chi connectivity index (χ4v) is 2.72. The molecule has 0 bridgehead atoms. The third kappa shape index (κ3) is 2.83. The highest BCUT2D eigenvalue weighted by Gasteiger charge is 2.26. The molecule has 2 nitrogen and oxygen atoms in total. The molecule has 1 aliphatic carbocycles. The smallest absolute Gasteiger partial charge is 0.0959 e. The van der Waals surface area contributed by atoms with Crippen LogP contribution in [0.25, 0.3) is 0 Å². The van der Waals surface area contributed by atoms with E-state index in [0.717, 1.165) is 12.5 Å². The third-order valence-electron chi connectivity index (χ3n) is 3.75. The Labute approximate surface area is 102 Å². The number of aromatic nitrogens is 1. The van der Waals surface area contributed by atoms with Gasteiger partial charge in [0.2, 0.25) is 0 Å². The average molecular weight is 238 g/mol. The zero-order valence-electron chi connectivity index (χ0n) is 10.5. The van der Waals surface area contributed by atoms with Crippen LogP contribution in [0.1, 0.15) is 63.1 Å². The number of nitrogens with one attached hydrogen (secondary N) is 1. The van der Waals surface area contributed by atoms with E-state index >= 15 is 0 Å². The van der Waals surface area contributed by atoms with Gasteiger partial charge < -0.3 is 5.32 Å². The van der Waals surface area contributed by atoms with E-state index in [4.69, 9.17) is 4.98 Å². The molecule has 16 heavy (non-hydrogen) atoms. The molecule has 0 amide bonds. The molecule has 0 saturated heterocycles. The maximum absolute atomic E-state index is 4.70. The number of thiazole rings is 1. The maximum Gasteiger partial charge on any atom is 0.0959 e. The Balaban J connectivity index is 1.88. The van der Waals surface area contributed by atoms with Crippen LogP contribution in [0, 0.1) is 0 Å². The monoisotopic (exact) mass is 238 g/mol. The lowest BCUT2D eigenvalue weighted by Crippen LogP contribution is -2.40. The van der Waals surface area contributed by atoms with Gasteiger partial charge in [-0.1, -0.05) is 13.8 Å². The molecule has 0 radical (unpaired) electrons. The topological polar surface area (TPSA) is 24.9 Å². The van der Waals surface area contributed by atoms with Crippen LogP contribution >= 0.6 is 11.3 Å². The van der Waals surface area contributed by atoms with Gasteiger partial charge in [-0.15, -0.1) is 11.3 Å². The molecule has 3 heteroatoms. The Morgan fingerprint density at radius 2 is 2.12 bits per heavy atom. The van der Waals surface area contributed by atoms with Gasteiger partial charge in [-0.2, -0.15) is 0 Å². The van der Waals surface area contributed by atoms with Crippen molar-refractivity contribution < 1.29 is 0 Å². The van der Waals surface area contributed by atoms with Gasteiger partial charge in [0, 0.05) is 23.4 Å². The van der Waals surface area contributed by atoms with Crippen LogP contribution in [0.4, 0.5) is 0 Å². The van der Waals surface area contributed by atoms with E-state index in [1.165, 1.54) is 36.4 Å². The van der Waals surface area contributed by atoms with Crippen molar-refractivity contribution in [3.63, 3.8) is 0 Å². The molecule has 1 saturated carbocycles. The summed E-state index contributed by atoms with van der Waals surface area (Å²) in [5.41, 5.74) is 1.49. The van der Waals surface area contributed by atoms with Crippen LogP contribution in [0.3, 0.4) is 0 Å². The predicted octanol–water partition coefficient (Wildman–Crippen LogP) is 3.69. The summed E-state index contributed by atoms with van der Waals surface area (Å²) in [6.45, 7) is 7.70. The van der Waals surface area contributed by atoms with E-state index < -0.39 is 0 Å². The van der Waals surface area contributed by atoms with Gasteiger partial charge in [0.15, 0.2) is 0 Å². The SMILES string of the molecule is CCC(C)(CC)NCc1csc(C2CC2)n1. The second-order valence-electron chi connectivity index (χ2n) is 5.07. The quantitative estimate of drug-likeness (QED) is 0.817. The van der Waals surface area contributed by atoms with E-state index in [1.807, 2.05) is 11.3 Å². The van der Waals surface area contributed by atoms with Crippen LogP contribution in [0.15, 0.2) is 5.38 Å². The Bertz CT molecular complexity index is 337. The molecule has 1 aromatic rings. The van der Waals surface area contributed by atoms with Crippen LogP contribution in [-0.2, 0) is 6.54 Å². The molecule has 2 rings (SSSR count). The van der Waals surface area contributed by atoms with Gasteiger partial charge in [-0.3, -0.25) is 0 Å². The minimum atomic E-state index is 0.267. The number of rotatable bonds is 6. The van der Waals surface area contributed by atoms with E-state index in [0.29, 0.717) is 0 Å². The fraction of sp³-hybridized carbons (Fsp3) is 0.769. The molecule has 0 aliphatic heterocycles. The highest BCUT2D eigenvalue weighted by Crippen LogP contribution is 2.41. The molecule has 1 aliphatic rings. The molecule has 1 N–H and O–H groups in total. The Morgan fingerprint density at radius 3 is 2.69 bits per heavy atom. The van der Waals surface area contributed by atoms with Crippen molar-refractivity contribution in [2.24, 2.45) is 0 Å². The van der Waals surface area contributed by atoms with Crippen LogP contribution < -0.4 is 5.32 Å². The van der Waals surface area contributed by atoms with Crippen molar-refractivity contribution in [1.29, 1.82) is 0 Å². The zero-order valence-corrected chi connectivity index (χ0v) is 11.4. The van der Waals surface area contributed by atoms with E-state index in [9.17, 15) is 0 Å². The second kappa shape index (κ2) is 4.84. The van der Waals surface area contributed by atoms with Gasteiger partial charge in [-0.25, -0.2) is 4.98 Å². The third-order valence-corrected chi connectivity index (χ3v) is 4.81. The predicted molar refractivity (Wildman–Crippen MR) is 69.9 cm³/mol. The van der Waals surface area contributed by atoms with Crippen LogP contribution in [0.2, 0.25) is 0 Å². The lowest BCUT2D eigenvalue weighted by molar-refractivity contribution is 0.328. The Morgan fingerprint density at radius 1 is 1.44 bits per heavy atom. The van der Waals surface area contributed by atoms with Crippen molar-refractivity contribution in [2.75, 3.05) is 0 Å². The molecule has 1 heterocycles. The minimum Gasteiger partial charge on any atom is -0.306 e. The van der Waals surface area contributed by atoms with E-state index in [1.54, 1.807) is 0 Å². The molecule has 1 fully saturated rings. The summed E-state index contributed by atoms with van der Waals surface area (Å²) in [7, 11) is 0. The van der Waals surface area contributed by atoms with Gasteiger partial charge in [0.1, 0.15) is 0 Å². The highest BCUT2D eigenvalue weighted by molar-refractivity contribution is 7.09. The normalized spacial score (nSPS) is 16.7. The van der Waals surface area contributed by atoms with Gasteiger partial charge >= 0.3 is 0 Å². The first-order valence-electron chi connectivity index (χ1n) is 6.36. The van der Waals surface area contributed by atoms with Crippen molar-refractivity contribution >= 4 is 11.3 Å². The first kappa shape index (κ1) is 12.1. The molecule has 0 unspecified atom stereocenters. The Kier molecular flexibility index (Phi) is 3.65. The van der Waals surface area contributed by atoms with Crippen LogP contribution in [0.5, 0.6) is 0 Å². The highest BCUT2D eigenvalue weighted by atomic mass is 32.1. The summed E-state index contributed by atoms with van der Waals surface area (Å²) in [6, 6.07) is 0. The minimum absolute atomic E-state index is 0.267. The average Bonchev–Trinajstić information content (AvgIpc) is 3.06. The first-order chi connectivity index (χ1) is 7.67. The lowest BCUT2D eigenvalue weighted by atomic mass is 9.95. The number of hydrogen-bond acceptors (Lipinski definition) is 3. The number of nitrogens with zero attached hydrogens (tertiary/aromatic N) is 1. The zero-order chi connectivity index (χ0) is 11.6. The van der Waals surface area contributed by atoms with Crippen molar-refractivity contribution in [1.82, 2.24) is 10.3 Å². The van der Waals surface area contributed by atoms with E-state index in [-0.39, 0.29) is 5.54 Å². The summed E-state index contributed by atoms with van der Waals surface area (Å²) in [5, 5.41) is 7.20. The van der Waals surface area contributed by atoms with Crippen LogP contribution in [-0.4, -0.2) is 10.5 Å². The van der Waals surface area contributed by atoms with Crippen molar-refractivity contribution in [3.8, 4) is 0 Å². The largest absolute Gasteiger partial charge is 0.306 e. The molecule has 90 valence electrons. The molecule has 0 spiro atoms. The summed E-state index contributed by atoms with van der Waals surface area (Å²) < 4.78 is 0. The van der Waals surface area contributed by atoms with E-state index in [2.05, 4.69) is 31.5 Å². The lowest BCUT2D eigenvalue weighted by Gasteiger charge is -2.27.